The highest BCUT2D eigenvalue weighted by Crippen LogP contribution is 2.32. The normalized spacial score (nSPS) is 19.9. The van der Waals surface area contributed by atoms with Gasteiger partial charge in [-0.2, -0.15) is 0 Å². The van der Waals surface area contributed by atoms with E-state index < -0.39 is 0 Å². The van der Waals surface area contributed by atoms with Crippen molar-refractivity contribution in [1.82, 2.24) is 10.2 Å². The summed E-state index contributed by atoms with van der Waals surface area (Å²) in [6.45, 7) is 5.49. The van der Waals surface area contributed by atoms with Crippen LogP contribution in [0.5, 0.6) is 0 Å². The Morgan fingerprint density at radius 2 is 1.83 bits per heavy atom. The number of likely N-dealkylation sites (tertiary alicyclic amines) is 1. The van der Waals surface area contributed by atoms with Gasteiger partial charge in [-0.15, -0.1) is 0 Å². The number of benzene rings is 1. The molecule has 2 aliphatic rings. The topological polar surface area (TPSA) is 80.8 Å². The van der Waals surface area contributed by atoms with Crippen LogP contribution < -0.4 is 5.32 Å². The van der Waals surface area contributed by atoms with Crippen LogP contribution in [-0.2, 0) is 11.3 Å². The van der Waals surface area contributed by atoms with E-state index in [-0.39, 0.29) is 16.1 Å². The summed E-state index contributed by atoms with van der Waals surface area (Å²) in [4.78, 5) is 13.6. The molecule has 29 heavy (non-hydrogen) atoms. The highest BCUT2D eigenvalue weighted by molar-refractivity contribution is 5.69. The lowest BCUT2D eigenvalue weighted by Gasteiger charge is -2.48. The van der Waals surface area contributed by atoms with Crippen molar-refractivity contribution in [3.8, 4) is 11.3 Å². The SMILES string of the molecule is O=[N+]([O-])c1ccccc1-c1ccc(CNCC2(N3CCCCC3)CCOCC2)o1. The zero-order chi connectivity index (χ0) is 20.1. The molecule has 0 spiro atoms. The van der Waals surface area contributed by atoms with Crippen LogP contribution in [0.2, 0.25) is 0 Å². The molecule has 0 radical (unpaired) electrons. The van der Waals surface area contributed by atoms with Gasteiger partial charge in [0.05, 0.1) is 17.0 Å². The molecule has 1 aromatic carbocycles. The average molecular weight is 399 g/mol. The van der Waals surface area contributed by atoms with E-state index in [9.17, 15) is 10.1 Å². The number of para-hydroxylation sites is 1. The Morgan fingerprint density at radius 3 is 2.59 bits per heavy atom. The van der Waals surface area contributed by atoms with Gasteiger partial charge in [-0.05, 0) is 57.0 Å². The molecule has 2 aromatic rings. The summed E-state index contributed by atoms with van der Waals surface area (Å²) in [7, 11) is 0. The minimum absolute atomic E-state index is 0.0626. The van der Waals surface area contributed by atoms with Gasteiger partial charge >= 0.3 is 0 Å². The molecule has 0 saturated carbocycles. The molecule has 7 heteroatoms. The molecule has 2 fully saturated rings. The fourth-order valence-corrected chi connectivity index (χ4v) is 4.60. The predicted molar refractivity (Wildman–Crippen MR) is 111 cm³/mol. The second-order valence-electron chi connectivity index (χ2n) is 8.03. The Morgan fingerprint density at radius 1 is 1.07 bits per heavy atom. The van der Waals surface area contributed by atoms with E-state index in [1.807, 2.05) is 12.1 Å². The Bertz CT molecular complexity index is 823. The van der Waals surface area contributed by atoms with Crippen LogP contribution in [0, 0.1) is 10.1 Å². The second kappa shape index (κ2) is 9.07. The molecular formula is C22H29N3O4. The van der Waals surface area contributed by atoms with Gasteiger partial charge in [0.15, 0.2) is 0 Å². The molecule has 0 unspecified atom stereocenters. The summed E-state index contributed by atoms with van der Waals surface area (Å²) < 4.78 is 11.6. The monoisotopic (exact) mass is 399 g/mol. The number of hydrogen-bond donors (Lipinski definition) is 1. The molecule has 1 aromatic heterocycles. The standard InChI is InChI=1S/C22H29N3O4/c26-25(27)20-7-3-2-6-19(20)21-9-8-18(29-21)16-23-17-22(10-14-28-15-11-22)24-12-4-1-5-13-24/h2-3,6-9,23H,1,4-5,10-17H2. The van der Waals surface area contributed by atoms with Crippen molar-refractivity contribution in [3.05, 3.63) is 52.3 Å². The van der Waals surface area contributed by atoms with Gasteiger partial charge in [0.2, 0.25) is 0 Å². The van der Waals surface area contributed by atoms with E-state index in [0.29, 0.717) is 17.9 Å². The molecular weight excluding hydrogens is 370 g/mol. The number of ether oxygens (including phenoxy) is 1. The van der Waals surface area contributed by atoms with Crippen LogP contribution in [0.4, 0.5) is 5.69 Å². The van der Waals surface area contributed by atoms with E-state index in [1.165, 1.54) is 38.4 Å². The number of piperidine rings is 1. The molecule has 0 bridgehead atoms. The van der Waals surface area contributed by atoms with Gasteiger partial charge in [0.1, 0.15) is 11.5 Å². The first-order valence-electron chi connectivity index (χ1n) is 10.5. The van der Waals surface area contributed by atoms with Crippen molar-refractivity contribution in [2.75, 3.05) is 32.8 Å². The minimum atomic E-state index is -0.372. The van der Waals surface area contributed by atoms with Crippen LogP contribution in [0.1, 0.15) is 37.9 Å². The lowest BCUT2D eigenvalue weighted by Crippen LogP contribution is -2.59. The summed E-state index contributed by atoms with van der Waals surface area (Å²) in [5.74, 6) is 1.32. The van der Waals surface area contributed by atoms with Gasteiger partial charge < -0.3 is 14.5 Å². The molecule has 0 amide bonds. The molecule has 7 nitrogen and oxygen atoms in total. The number of furan rings is 1. The molecule has 3 heterocycles. The number of hydrogen-bond acceptors (Lipinski definition) is 6. The number of nitrogens with zero attached hydrogens (tertiary/aromatic N) is 2. The zero-order valence-electron chi connectivity index (χ0n) is 16.8. The Hall–Kier alpha value is -2.22. The van der Waals surface area contributed by atoms with Crippen molar-refractivity contribution in [3.63, 3.8) is 0 Å². The molecule has 1 N–H and O–H groups in total. The number of nitrogens with one attached hydrogen (secondary N) is 1. The van der Waals surface area contributed by atoms with Crippen LogP contribution >= 0.6 is 0 Å². The quantitative estimate of drug-likeness (QED) is 0.560. The summed E-state index contributed by atoms with van der Waals surface area (Å²) in [5, 5.41) is 14.9. The first-order chi connectivity index (χ1) is 14.2. The average Bonchev–Trinajstić information content (AvgIpc) is 3.24. The predicted octanol–water partition coefficient (Wildman–Crippen LogP) is 3.98. The van der Waals surface area contributed by atoms with E-state index in [2.05, 4.69) is 10.2 Å². The van der Waals surface area contributed by atoms with Gasteiger partial charge in [0, 0.05) is 31.4 Å². The summed E-state index contributed by atoms with van der Waals surface area (Å²) in [5.41, 5.74) is 0.734. The lowest BCUT2D eigenvalue weighted by atomic mass is 9.86. The van der Waals surface area contributed by atoms with Gasteiger partial charge in [0.25, 0.3) is 5.69 Å². The van der Waals surface area contributed by atoms with Gasteiger partial charge in [-0.3, -0.25) is 15.0 Å². The maximum Gasteiger partial charge on any atom is 0.280 e. The smallest absolute Gasteiger partial charge is 0.280 e. The van der Waals surface area contributed by atoms with Crippen molar-refractivity contribution in [1.29, 1.82) is 0 Å². The number of nitro groups is 1. The van der Waals surface area contributed by atoms with E-state index in [1.54, 1.807) is 18.2 Å². The van der Waals surface area contributed by atoms with Gasteiger partial charge in [-0.1, -0.05) is 18.6 Å². The fraction of sp³-hybridized carbons (Fsp3) is 0.545. The molecule has 4 rings (SSSR count). The van der Waals surface area contributed by atoms with Crippen LogP contribution in [0.15, 0.2) is 40.8 Å². The third-order valence-corrected chi connectivity index (χ3v) is 6.23. The van der Waals surface area contributed by atoms with E-state index >= 15 is 0 Å². The largest absolute Gasteiger partial charge is 0.459 e. The molecule has 2 aliphatic heterocycles. The zero-order valence-corrected chi connectivity index (χ0v) is 16.8. The highest BCUT2D eigenvalue weighted by atomic mass is 16.6. The third-order valence-electron chi connectivity index (χ3n) is 6.23. The first-order valence-corrected chi connectivity index (χ1v) is 10.5. The van der Waals surface area contributed by atoms with Crippen molar-refractivity contribution in [2.24, 2.45) is 0 Å². The van der Waals surface area contributed by atoms with Crippen molar-refractivity contribution in [2.45, 2.75) is 44.2 Å². The minimum Gasteiger partial charge on any atom is -0.459 e. The Labute approximate surface area is 171 Å². The van der Waals surface area contributed by atoms with Crippen LogP contribution in [0.3, 0.4) is 0 Å². The van der Waals surface area contributed by atoms with E-state index in [0.717, 1.165) is 38.4 Å². The Kier molecular flexibility index (Phi) is 6.28. The van der Waals surface area contributed by atoms with Crippen LogP contribution in [0.25, 0.3) is 11.3 Å². The third kappa shape index (κ3) is 4.52. The van der Waals surface area contributed by atoms with Crippen molar-refractivity contribution >= 4 is 5.69 Å². The number of nitro benzene ring substituents is 1. The summed E-state index contributed by atoms with van der Waals surface area (Å²) in [6, 6.07) is 10.4. The maximum atomic E-state index is 11.3. The van der Waals surface area contributed by atoms with Gasteiger partial charge in [-0.25, -0.2) is 0 Å². The summed E-state index contributed by atoms with van der Waals surface area (Å²) >= 11 is 0. The molecule has 2 saturated heterocycles. The molecule has 0 aliphatic carbocycles. The first kappa shape index (κ1) is 20.1. The molecule has 156 valence electrons. The van der Waals surface area contributed by atoms with E-state index in [4.69, 9.17) is 9.15 Å². The maximum absolute atomic E-state index is 11.3. The summed E-state index contributed by atoms with van der Waals surface area (Å²) in [6.07, 6.45) is 6.00. The van der Waals surface area contributed by atoms with Crippen LogP contribution in [-0.4, -0.2) is 48.2 Å². The second-order valence-corrected chi connectivity index (χ2v) is 8.03. The molecule has 0 atom stereocenters. The number of rotatable bonds is 7. The highest BCUT2D eigenvalue weighted by Gasteiger charge is 2.38. The Balaban J connectivity index is 1.41. The fourth-order valence-electron chi connectivity index (χ4n) is 4.60. The van der Waals surface area contributed by atoms with Crippen molar-refractivity contribution < 1.29 is 14.1 Å². The lowest BCUT2D eigenvalue weighted by molar-refractivity contribution is -0.384.